The van der Waals surface area contributed by atoms with Gasteiger partial charge in [0.1, 0.15) is 0 Å². The summed E-state index contributed by atoms with van der Waals surface area (Å²) in [7, 11) is 0. The SMILES string of the molecule is CSc1ncc(C(=O)NC(C)c2ccccc2)c(-c2ccccc2)n1. The minimum absolute atomic E-state index is 0.0995. The van der Waals surface area contributed by atoms with Crippen LogP contribution in [-0.2, 0) is 0 Å². The molecule has 1 aromatic heterocycles. The van der Waals surface area contributed by atoms with E-state index in [0.29, 0.717) is 16.4 Å². The molecule has 1 amide bonds. The molecule has 1 N–H and O–H groups in total. The van der Waals surface area contributed by atoms with E-state index >= 15 is 0 Å². The van der Waals surface area contributed by atoms with Crippen LogP contribution in [-0.4, -0.2) is 22.1 Å². The van der Waals surface area contributed by atoms with Crippen molar-refractivity contribution in [2.45, 2.75) is 18.1 Å². The number of nitrogens with zero attached hydrogens (tertiary/aromatic N) is 2. The molecule has 0 aliphatic carbocycles. The first kappa shape index (κ1) is 17.2. The Bertz CT molecular complexity index is 853. The molecule has 5 heteroatoms. The third kappa shape index (κ3) is 4.06. The number of carbonyl (C=O) groups is 1. The summed E-state index contributed by atoms with van der Waals surface area (Å²) in [6.07, 6.45) is 3.52. The fourth-order valence-corrected chi connectivity index (χ4v) is 2.89. The zero-order valence-corrected chi connectivity index (χ0v) is 15.0. The van der Waals surface area contributed by atoms with Crippen LogP contribution in [0, 0.1) is 0 Å². The van der Waals surface area contributed by atoms with E-state index in [4.69, 9.17) is 0 Å². The number of hydrogen-bond donors (Lipinski definition) is 1. The van der Waals surface area contributed by atoms with Gasteiger partial charge in [0.25, 0.3) is 5.91 Å². The Hall–Kier alpha value is -2.66. The van der Waals surface area contributed by atoms with Gasteiger partial charge in [-0.05, 0) is 18.7 Å². The zero-order valence-electron chi connectivity index (χ0n) is 14.1. The van der Waals surface area contributed by atoms with Gasteiger partial charge in [-0.2, -0.15) is 0 Å². The van der Waals surface area contributed by atoms with Gasteiger partial charge in [0.15, 0.2) is 5.16 Å². The van der Waals surface area contributed by atoms with Crippen LogP contribution in [0.2, 0.25) is 0 Å². The first-order valence-electron chi connectivity index (χ1n) is 8.01. The van der Waals surface area contributed by atoms with E-state index in [1.54, 1.807) is 6.20 Å². The molecule has 1 heterocycles. The molecule has 2 aromatic carbocycles. The summed E-state index contributed by atoms with van der Waals surface area (Å²) in [5, 5.41) is 3.68. The highest BCUT2D eigenvalue weighted by atomic mass is 32.2. The number of nitrogens with one attached hydrogen (secondary N) is 1. The zero-order chi connectivity index (χ0) is 17.6. The summed E-state index contributed by atoms with van der Waals surface area (Å²) in [6.45, 7) is 1.96. The van der Waals surface area contributed by atoms with E-state index in [1.165, 1.54) is 11.8 Å². The molecule has 3 rings (SSSR count). The van der Waals surface area contributed by atoms with Crippen LogP contribution in [0.4, 0.5) is 0 Å². The summed E-state index contributed by atoms with van der Waals surface area (Å²) in [5.41, 5.74) is 3.08. The van der Waals surface area contributed by atoms with Crippen LogP contribution >= 0.6 is 11.8 Å². The van der Waals surface area contributed by atoms with Crippen molar-refractivity contribution < 1.29 is 4.79 Å². The summed E-state index contributed by atoms with van der Waals surface area (Å²) in [6, 6.07) is 19.5. The predicted octanol–water partition coefficient (Wildman–Crippen LogP) is 4.36. The van der Waals surface area contributed by atoms with Crippen molar-refractivity contribution in [1.82, 2.24) is 15.3 Å². The average Bonchev–Trinajstić information content (AvgIpc) is 2.68. The number of thioether (sulfide) groups is 1. The Balaban J connectivity index is 1.92. The Labute approximate surface area is 151 Å². The Kier molecular flexibility index (Phi) is 5.46. The molecule has 0 saturated heterocycles. The number of rotatable bonds is 5. The number of hydrogen-bond acceptors (Lipinski definition) is 4. The molecule has 1 unspecified atom stereocenters. The normalized spacial score (nSPS) is 11.8. The summed E-state index contributed by atoms with van der Waals surface area (Å²) in [4.78, 5) is 21.7. The minimum Gasteiger partial charge on any atom is -0.345 e. The molecule has 0 bridgehead atoms. The second-order valence-electron chi connectivity index (χ2n) is 5.59. The third-order valence-electron chi connectivity index (χ3n) is 3.89. The Morgan fingerprint density at radius 2 is 1.68 bits per heavy atom. The summed E-state index contributed by atoms with van der Waals surface area (Å²) < 4.78 is 0. The predicted molar refractivity (Wildman–Crippen MR) is 102 cm³/mol. The number of aromatic nitrogens is 2. The van der Waals surface area contributed by atoms with Crippen molar-refractivity contribution in [3.63, 3.8) is 0 Å². The van der Waals surface area contributed by atoms with E-state index in [-0.39, 0.29) is 11.9 Å². The van der Waals surface area contributed by atoms with E-state index in [1.807, 2.05) is 73.8 Å². The van der Waals surface area contributed by atoms with Gasteiger partial charge < -0.3 is 5.32 Å². The van der Waals surface area contributed by atoms with Crippen LogP contribution in [0.15, 0.2) is 72.0 Å². The van der Waals surface area contributed by atoms with Gasteiger partial charge in [0.2, 0.25) is 0 Å². The van der Waals surface area contributed by atoms with Gasteiger partial charge in [-0.3, -0.25) is 4.79 Å². The fourth-order valence-electron chi connectivity index (χ4n) is 2.55. The van der Waals surface area contributed by atoms with Crippen molar-refractivity contribution in [3.05, 3.63) is 78.0 Å². The molecule has 0 aliphatic heterocycles. The number of carbonyl (C=O) groups excluding carboxylic acids is 1. The number of benzene rings is 2. The van der Waals surface area contributed by atoms with Crippen LogP contribution < -0.4 is 5.32 Å². The molecule has 25 heavy (non-hydrogen) atoms. The quantitative estimate of drug-likeness (QED) is 0.549. The monoisotopic (exact) mass is 349 g/mol. The van der Waals surface area contributed by atoms with Crippen molar-refractivity contribution in [1.29, 1.82) is 0 Å². The highest BCUT2D eigenvalue weighted by molar-refractivity contribution is 7.98. The van der Waals surface area contributed by atoms with E-state index in [2.05, 4.69) is 15.3 Å². The summed E-state index contributed by atoms with van der Waals surface area (Å²) >= 11 is 1.45. The molecule has 126 valence electrons. The molecule has 1 atom stereocenters. The van der Waals surface area contributed by atoms with Crippen LogP contribution in [0.1, 0.15) is 28.9 Å². The highest BCUT2D eigenvalue weighted by Crippen LogP contribution is 2.24. The molecule has 4 nitrogen and oxygen atoms in total. The van der Waals surface area contributed by atoms with Crippen molar-refractivity contribution in [3.8, 4) is 11.3 Å². The lowest BCUT2D eigenvalue weighted by Crippen LogP contribution is -2.27. The maximum atomic E-state index is 12.8. The molecule has 0 aliphatic rings. The van der Waals surface area contributed by atoms with E-state index < -0.39 is 0 Å². The largest absolute Gasteiger partial charge is 0.345 e. The van der Waals surface area contributed by atoms with Gasteiger partial charge >= 0.3 is 0 Å². The lowest BCUT2D eigenvalue weighted by molar-refractivity contribution is 0.0939. The maximum Gasteiger partial charge on any atom is 0.255 e. The molecule has 0 saturated carbocycles. The Morgan fingerprint density at radius 3 is 2.32 bits per heavy atom. The number of amides is 1. The molecule has 0 spiro atoms. The Morgan fingerprint density at radius 1 is 1.04 bits per heavy atom. The van der Waals surface area contributed by atoms with Crippen molar-refractivity contribution in [2.24, 2.45) is 0 Å². The van der Waals surface area contributed by atoms with Crippen LogP contribution in [0.25, 0.3) is 11.3 Å². The van der Waals surface area contributed by atoms with Crippen LogP contribution in [0.5, 0.6) is 0 Å². The molecular weight excluding hydrogens is 330 g/mol. The highest BCUT2D eigenvalue weighted by Gasteiger charge is 2.18. The van der Waals surface area contributed by atoms with E-state index in [0.717, 1.165) is 11.1 Å². The lowest BCUT2D eigenvalue weighted by atomic mass is 10.1. The first-order chi connectivity index (χ1) is 12.2. The van der Waals surface area contributed by atoms with Crippen molar-refractivity contribution >= 4 is 17.7 Å². The molecule has 0 fully saturated rings. The van der Waals surface area contributed by atoms with Gasteiger partial charge in [-0.1, -0.05) is 72.4 Å². The second kappa shape index (κ2) is 7.94. The first-order valence-corrected chi connectivity index (χ1v) is 9.24. The minimum atomic E-state index is -0.178. The second-order valence-corrected chi connectivity index (χ2v) is 6.36. The molecular formula is C20H19N3OS. The topological polar surface area (TPSA) is 54.9 Å². The maximum absolute atomic E-state index is 12.8. The lowest BCUT2D eigenvalue weighted by Gasteiger charge is -2.16. The average molecular weight is 349 g/mol. The van der Waals surface area contributed by atoms with Gasteiger partial charge in [-0.25, -0.2) is 9.97 Å². The molecule has 3 aromatic rings. The summed E-state index contributed by atoms with van der Waals surface area (Å²) in [5.74, 6) is -0.178. The standard InChI is InChI=1S/C20H19N3OS/c1-14(15-9-5-3-6-10-15)22-19(24)17-13-21-20(25-2)23-18(17)16-11-7-4-8-12-16/h3-14H,1-2H3,(H,22,24). The fraction of sp³-hybridized carbons (Fsp3) is 0.150. The van der Waals surface area contributed by atoms with E-state index in [9.17, 15) is 4.79 Å². The van der Waals surface area contributed by atoms with Gasteiger partial charge in [0.05, 0.1) is 17.3 Å². The van der Waals surface area contributed by atoms with Gasteiger partial charge in [-0.15, -0.1) is 0 Å². The third-order valence-corrected chi connectivity index (χ3v) is 4.45. The molecule has 0 radical (unpaired) electrons. The van der Waals surface area contributed by atoms with Gasteiger partial charge in [0, 0.05) is 11.8 Å². The smallest absolute Gasteiger partial charge is 0.255 e. The van der Waals surface area contributed by atoms with Crippen LogP contribution in [0.3, 0.4) is 0 Å². The van der Waals surface area contributed by atoms with Crippen molar-refractivity contribution in [2.75, 3.05) is 6.26 Å².